The van der Waals surface area contributed by atoms with Crippen molar-refractivity contribution in [3.63, 3.8) is 0 Å². The fourth-order valence-corrected chi connectivity index (χ4v) is 4.51. The molecule has 0 N–H and O–H groups in total. The van der Waals surface area contributed by atoms with E-state index < -0.39 is 26.6 Å². The minimum absolute atomic E-state index is 0.187. The number of hydrogen-bond donors (Lipinski definition) is 0. The number of halogens is 2. The second kappa shape index (κ2) is 7.69. The van der Waals surface area contributed by atoms with Crippen LogP contribution in [0.1, 0.15) is 5.56 Å². The van der Waals surface area contributed by atoms with E-state index in [0.717, 1.165) is 33.8 Å². The number of nitrogens with zero attached hydrogens (tertiary/aromatic N) is 2. The molecule has 1 aliphatic rings. The van der Waals surface area contributed by atoms with Gasteiger partial charge in [0.25, 0.3) is 0 Å². The molecule has 5 nitrogen and oxygen atoms in total. The lowest BCUT2D eigenvalue weighted by Crippen LogP contribution is -2.48. The fraction of sp³-hybridized carbons (Fsp3) is 0.333. The van der Waals surface area contributed by atoms with E-state index in [-0.39, 0.29) is 13.1 Å². The molecule has 2 aromatic rings. The molecule has 1 heterocycles. The zero-order valence-electron chi connectivity index (χ0n) is 14.4. The van der Waals surface area contributed by atoms with Gasteiger partial charge in [-0.25, -0.2) is 17.2 Å². The molecule has 0 atom stereocenters. The van der Waals surface area contributed by atoms with Crippen molar-refractivity contribution in [3.8, 4) is 5.75 Å². The third-order valence-corrected chi connectivity index (χ3v) is 6.36. The van der Waals surface area contributed by atoms with Gasteiger partial charge in [-0.1, -0.05) is 18.2 Å². The van der Waals surface area contributed by atoms with Crippen LogP contribution < -0.4 is 4.74 Å². The first-order valence-electron chi connectivity index (χ1n) is 8.21. The first-order valence-corrected chi connectivity index (χ1v) is 9.65. The number of hydrogen-bond acceptors (Lipinski definition) is 4. The predicted molar refractivity (Wildman–Crippen MR) is 93.4 cm³/mol. The van der Waals surface area contributed by atoms with Crippen LogP contribution in [0.5, 0.6) is 5.75 Å². The number of rotatable bonds is 5. The summed E-state index contributed by atoms with van der Waals surface area (Å²) in [6.45, 7) is 2.02. The van der Waals surface area contributed by atoms with E-state index in [4.69, 9.17) is 4.74 Å². The summed E-state index contributed by atoms with van der Waals surface area (Å²) in [6.07, 6.45) is 0. The third kappa shape index (κ3) is 3.87. The summed E-state index contributed by atoms with van der Waals surface area (Å²) in [5, 5.41) is 0. The van der Waals surface area contributed by atoms with E-state index in [0.29, 0.717) is 19.6 Å². The molecule has 1 aliphatic heterocycles. The fourth-order valence-electron chi connectivity index (χ4n) is 2.98. The summed E-state index contributed by atoms with van der Waals surface area (Å²) in [6, 6.07) is 10.7. The molecular formula is C18H20F2N2O3S. The summed E-state index contributed by atoms with van der Waals surface area (Å²) in [7, 11) is -2.58. The van der Waals surface area contributed by atoms with Gasteiger partial charge in [0.1, 0.15) is 17.4 Å². The molecule has 26 heavy (non-hydrogen) atoms. The van der Waals surface area contributed by atoms with Gasteiger partial charge in [0.05, 0.1) is 7.11 Å². The van der Waals surface area contributed by atoms with Crippen molar-refractivity contribution in [3.05, 3.63) is 59.7 Å². The van der Waals surface area contributed by atoms with Crippen molar-refractivity contribution >= 4 is 10.0 Å². The third-order valence-electron chi connectivity index (χ3n) is 4.41. The van der Waals surface area contributed by atoms with Gasteiger partial charge in [0.2, 0.25) is 10.0 Å². The average Bonchev–Trinajstić information content (AvgIpc) is 2.62. The maximum Gasteiger partial charge on any atom is 0.249 e. The molecule has 1 saturated heterocycles. The molecule has 0 unspecified atom stereocenters. The number of benzene rings is 2. The van der Waals surface area contributed by atoms with Gasteiger partial charge in [0.15, 0.2) is 4.90 Å². The normalized spacial score (nSPS) is 16.6. The van der Waals surface area contributed by atoms with E-state index in [9.17, 15) is 17.2 Å². The van der Waals surface area contributed by atoms with E-state index in [1.807, 2.05) is 24.3 Å². The molecule has 2 aromatic carbocycles. The van der Waals surface area contributed by atoms with Crippen molar-refractivity contribution in [2.75, 3.05) is 33.3 Å². The van der Waals surface area contributed by atoms with Crippen LogP contribution in [0.25, 0.3) is 0 Å². The molecule has 3 rings (SSSR count). The van der Waals surface area contributed by atoms with Crippen LogP contribution >= 0.6 is 0 Å². The lowest BCUT2D eigenvalue weighted by molar-refractivity contribution is 0.181. The molecule has 140 valence electrons. The summed E-state index contributed by atoms with van der Waals surface area (Å²) < 4.78 is 59.1. The summed E-state index contributed by atoms with van der Waals surface area (Å²) in [4.78, 5) is 1.23. The zero-order valence-corrected chi connectivity index (χ0v) is 15.2. The Morgan fingerprint density at radius 2 is 1.54 bits per heavy atom. The highest BCUT2D eigenvalue weighted by atomic mass is 32.2. The Kier molecular flexibility index (Phi) is 5.55. The molecular weight excluding hydrogens is 362 g/mol. The maximum absolute atomic E-state index is 13.9. The molecule has 0 aliphatic carbocycles. The SMILES string of the molecule is COc1ccc(CN2CCN(S(=O)(=O)c3c(F)cccc3F)CC2)cc1. The van der Waals surface area contributed by atoms with Crippen molar-refractivity contribution < 1.29 is 21.9 Å². The molecule has 0 amide bonds. The summed E-state index contributed by atoms with van der Waals surface area (Å²) in [5.74, 6) is -1.35. The van der Waals surface area contributed by atoms with Gasteiger partial charge >= 0.3 is 0 Å². The molecule has 0 bridgehead atoms. The van der Waals surface area contributed by atoms with Crippen LogP contribution in [0, 0.1) is 11.6 Å². The van der Waals surface area contributed by atoms with Crippen molar-refractivity contribution in [2.45, 2.75) is 11.4 Å². The Balaban J connectivity index is 1.66. The largest absolute Gasteiger partial charge is 0.497 e. The monoisotopic (exact) mass is 382 g/mol. The van der Waals surface area contributed by atoms with E-state index in [1.54, 1.807) is 7.11 Å². The lowest BCUT2D eigenvalue weighted by atomic mass is 10.2. The van der Waals surface area contributed by atoms with Crippen LogP contribution in [0.15, 0.2) is 47.4 Å². The van der Waals surface area contributed by atoms with Crippen molar-refractivity contribution in [1.29, 1.82) is 0 Å². The first kappa shape index (κ1) is 18.8. The van der Waals surface area contributed by atoms with E-state index >= 15 is 0 Å². The molecule has 8 heteroatoms. The number of sulfonamides is 1. The average molecular weight is 382 g/mol. The molecule has 0 saturated carbocycles. The smallest absolute Gasteiger partial charge is 0.249 e. The van der Waals surface area contributed by atoms with Gasteiger partial charge in [-0.05, 0) is 29.8 Å². The first-order chi connectivity index (χ1) is 12.4. The molecule has 1 fully saturated rings. The number of methoxy groups -OCH3 is 1. The van der Waals surface area contributed by atoms with Gasteiger partial charge in [0, 0.05) is 32.7 Å². The van der Waals surface area contributed by atoms with Crippen LogP contribution in [-0.4, -0.2) is 50.9 Å². The summed E-state index contributed by atoms with van der Waals surface area (Å²) >= 11 is 0. The topological polar surface area (TPSA) is 49.9 Å². The van der Waals surface area contributed by atoms with Gasteiger partial charge in [-0.2, -0.15) is 4.31 Å². The Morgan fingerprint density at radius 1 is 0.962 bits per heavy atom. The van der Waals surface area contributed by atoms with E-state index in [1.165, 1.54) is 0 Å². The quantitative estimate of drug-likeness (QED) is 0.797. The Bertz CT molecular complexity index is 844. The lowest BCUT2D eigenvalue weighted by Gasteiger charge is -2.34. The molecule has 0 spiro atoms. The Morgan fingerprint density at radius 3 is 2.08 bits per heavy atom. The summed E-state index contributed by atoms with van der Waals surface area (Å²) in [5.41, 5.74) is 1.09. The highest BCUT2D eigenvalue weighted by Crippen LogP contribution is 2.24. The van der Waals surface area contributed by atoms with Crippen LogP contribution in [-0.2, 0) is 16.6 Å². The van der Waals surface area contributed by atoms with Crippen molar-refractivity contribution in [2.24, 2.45) is 0 Å². The highest BCUT2D eigenvalue weighted by Gasteiger charge is 2.33. The standard InChI is InChI=1S/C18H20F2N2O3S/c1-25-15-7-5-14(6-8-15)13-21-9-11-22(12-10-21)26(23,24)18-16(19)3-2-4-17(18)20/h2-8H,9-13H2,1H3. The Hall–Kier alpha value is -2.03. The second-order valence-corrected chi connectivity index (χ2v) is 7.95. The predicted octanol–water partition coefficient (Wildman–Crippen LogP) is 2.48. The molecule has 0 radical (unpaired) electrons. The minimum Gasteiger partial charge on any atom is -0.497 e. The van der Waals surface area contributed by atoms with E-state index in [2.05, 4.69) is 4.90 Å². The number of piperazine rings is 1. The minimum atomic E-state index is -4.19. The number of ether oxygens (including phenoxy) is 1. The van der Waals surface area contributed by atoms with Gasteiger partial charge in [-0.3, -0.25) is 4.90 Å². The van der Waals surface area contributed by atoms with Crippen molar-refractivity contribution in [1.82, 2.24) is 9.21 Å². The zero-order chi connectivity index (χ0) is 18.7. The highest BCUT2D eigenvalue weighted by molar-refractivity contribution is 7.89. The van der Waals surface area contributed by atoms with Gasteiger partial charge in [-0.15, -0.1) is 0 Å². The van der Waals surface area contributed by atoms with Crippen LogP contribution in [0.3, 0.4) is 0 Å². The Labute approximate surface area is 151 Å². The molecule has 0 aromatic heterocycles. The van der Waals surface area contributed by atoms with Crippen LogP contribution in [0.4, 0.5) is 8.78 Å². The second-order valence-electron chi connectivity index (χ2n) is 6.08. The maximum atomic E-state index is 13.9. The van der Waals surface area contributed by atoms with Gasteiger partial charge < -0.3 is 4.74 Å². The van der Waals surface area contributed by atoms with Crippen LogP contribution in [0.2, 0.25) is 0 Å².